The Morgan fingerprint density at radius 3 is 2.66 bits per heavy atom. The van der Waals surface area contributed by atoms with E-state index in [9.17, 15) is 4.79 Å². The van der Waals surface area contributed by atoms with E-state index in [2.05, 4.69) is 27.1 Å². The van der Waals surface area contributed by atoms with Gasteiger partial charge in [-0.1, -0.05) is 24.1 Å². The summed E-state index contributed by atoms with van der Waals surface area (Å²) in [6.45, 7) is 2.20. The Balaban J connectivity index is 1.67. The van der Waals surface area contributed by atoms with E-state index >= 15 is 0 Å². The van der Waals surface area contributed by atoms with Crippen LogP contribution in [0.3, 0.4) is 0 Å². The fourth-order valence-corrected chi connectivity index (χ4v) is 2.42. The minimum Gasteiger partial charge on any atom is -0.463 e. The van der Waals surface area contributed by atoms with Gasteiger partial charge in [-0.05, 0) is 37.3 Å². The van der Waals surface area contributed by atoms with Gasteiger partial charge < -0.3 is 20.5 Å². The smallest absolute Gasteiger partial charge is 0.275 e. The molecule has 3 aromatic rings. The maximum atomic E-state index is 12.4. The van der Waals surface area contributed by atoms with Gasteiger partial charge >= 0.3 is 0 Å². The fraction of sp³-hybridized carbons (Fsp3) is 0.136. The van der Waals surface area contributed by atoms with Crippen LogP contribution in [0.5, 0.6) is 17.4 Å². The number of carbonyl (C=O) groups excluding carboxylic acids is 1. The first-order valence-corrected chi connectivity index (χ1v) is 8.91. The van der Waals surface area contributed by atoms with Crippen molar-refractivity contribution in [2.75, 3.05) is 11.9 Å². The van der Waals surface area contributed by atoms with Crippen molar-refractivity contribution in [3.8, 4) is 29.2 Å². The zero-order valence-electron chi connectivity index (χ0n) is 15.9. The summed E-state index contributed by atoms with van der Waals surface area (Å²) >= 11 is 0. The van der Waals surface area contributed by atoms with Crippen LogP contribution >= 0.6 is 0 Å². The van der Waals surface area contributed by atoms with Crippen molar-refractivity contribution >= 4 is 11.6 Å². The molecule has 7 heteroatoms. The third-order valence-corrected chi connectivity index (χ3v) is 3.84. The number of benzene rings is 2. The van der Waals surface area contributed by atoms with Crippen molar-refractivity contribution in [2.24, 2.45) is 5.73 Å². The minimum absolute atomic E-state index is 0.165. The lowest BCUT2D eigenvalue weighted by atomic mass is 10.1. The second-order valence-electron chi connectivity index (χ2n) is 5.85. The Hall–Kier alpha value is -3.89. The van der Waals surface area contributed by atoms with Gasteiger partial charge in [0.25, 0.3) is 5.91 Å². The molecule has 3 N–H and O–H groups in total. The number of nitrogens with two attached hydrogens (primary N) is 1. The lowest BCUT2D eigenvalue weighted by molar-refractivity contribution is 0.102. The lowest BCUT2D eigenvalue weighted by Crippen LogP contribution is -2.14. The number of para-hydroxylation sites is 1. The number of aromatic nitrogens is 2. The van der Waals surface area contributed by atoms with Crippen LogP contribution in [-0.4, -0.2) is 22.5 Å². The molecule has 2 aromatic carbocycles. The Bertz CT molecular complexity index is 1030. The zero-order chi connectivity index (χ0) is 20.5. The van der Waals surface area contributed by atoms with Gasteiger partial charge in [0.1, 0.15) is 17.2 Å². The average molecular weight is 388 g/mol. The number of ether oxygens (including phenoxy) is 2. The number of nitrogens with zero attached hydrogens (tertiary/aromatic N) is 2. The molecule has 0 aliphatic carbocycles. The molecule has 29 heavy (non-hydrogen) atoms. The predicted octanol–water partition coefficient (Wildman–Crippen LogP) is 3.38. The molecule has 0 spiro atoms. The molecule has 3 rings (SSSR count). The van der Waals surface area contributed by atoms with Gasteiger partial charge in [0.15, 0.2) is 6.61 Å². The number of rotatable bonds is 7. The Morgan fingerprint density at radius 1 is 1.14 bits per heavy atom. The van der Waals surface area contributed by atoms with Gasteiger partial charge in [0, 0.05) is 17.8 Å². The highest BCUT2D eigenvalue weighted by atomic mass is 16.5. The standard InChI is InChI=1S/C22H20N4O3/c1-2-3-11-28-21-15-24-19(14-25-21)22(27)26-17-9-10-20(16(12-17)13-23)29-18-7-5-4-6-8-18/h4-10,12,14-15H,11,13,23H2,1H3,(H,26,27). The second kappa shape index (κ2) is 9.88. The summed E-state index contributed by atoms with van der Waals surface area (Å²) < 4.78 is 11.1. The molecular weight excluding hydrogens is 368 g/mol. The van der Waals surface area contributed by atoms with Gasteiger partial charge in [-0.2, -0.15) is 0 Å². The van der Waals surface area contributed by atoms with Crippen LogP contribution in [0.15, 0.2) is 60.9 Å². The summed E-state index contributed by atoms with van der Waals surface area (Å²) in [5, 5.41) is 2.78. The van der Waals surface area contributed by atoms with Crippen LogP contribution in [0.1, 0.15) is 23.0 Å². The van der Waals surface area contributed by atoms with Gasteiger partial charge in [-0.25, -0.2) is 9.97 Å². The topological polar surface area (TPSA) is 99.4 Å². The molecule has 0 aliphatic rings. The monoisotopic (exact) mass is 388 g/mol. The van der Waals surface area contributed by atoms with Crippen LogP contribution in [0.2, 0.25) is 0 Å². The van der Waals surface area contributed by atoms with E-state index in [1.165, 1.54) is 12.4 Å². The maximum absolute atomic E-state index is 12.4. The van der Waals surface area contributed by atoms with Crippen LogP contribution in [0.4, 0.5) is 5.69 Å². The molecule has 0 saturated carbocycles. The van der Waals surface area contributed by atoms with Gasteiger partial charge in [0.2, 0.25) is 5.88 Å². The normalized spacial score (nSPS) is 9.86. The summed E-state index contributed by atoms with van der Waals surface area (Å²) in [7, 11) is 0. The molecule has 146 valence electrons. The summed E-state index contributed by atoms with van der Waals surface area (Å²) in [5.74, 6) is 6.73. The minimum atomic E-state index is -0.392. The SMILES string of the molecule is CC#CCOc1cnc(C(=O)Nc2ccc(Oc3ccccc3)c(CN)c2)cn1. The highest BCUT2D eigenvalue weighted by Gasteiger charge is 2.11. The van der Waals surface area contributed by atoms with E-state index in [1.807, 2.05) is 30.3 Å². The largest absolute Gasteiger partial charge is 0.463 e. The van der Waals surface area contributed by atoms with Crippen LogP contribution in [0, 0.1) is 11.8 Å². The molecule has 1 heterocycles. The summed E-state index contributed by atoms with van der Waals surface area (Å²) in [5.41, 5.74) is 7.35. The van der Waals surface area contributed by atoms with Gasteiger partial charge in [-0.15, -0.1) is 5.92 Å². The van der Waals surface area contributed by atoms with Gasteiger partial charge in [0.05, 0.1) is 12.4 Å². The van der Waals surface area contributed by atoms with Crippen LogP contribution in [0.25, 0.3) is 0 Å². The Morgan fingerprint density at radius 2 is 1.97 bits per heavy atom. The maximum Gasteiger partial charge on any atom is 0.275 e. The van der Waals surface area contributed by atoms with E-state index in [1.54, 1.807) is 25.1 Å². The van der Waals surface area contributed by atoms with Crippen molar-refractivity contribution in [1.82, 2.24) is 9.97 Å². The average Bonchev–Trinajstić information content (AvgIpc) is 2.76. The van der Waals surface area contributed by atoms with E-state index in [4.69, 9.17) is 15.2 Å². The highest BCUT2D eigenvalue weighted by Crippen LogP contribution is 2.27. The van der Waals surface area contributed by atoms with E-state index in [-0.39, 0.29) is 18.8 Å². The molecule has 0 radical (unpaired) electrons. The second-order valence-corrected chi connectivity index (χ2v) is 5.85. The predicted molar refractivity (Wildman–Crippen MR) is 110 cm³/mol. The van der Waals surface area contributed by atoms with Crippen molar-refractivity contribution in [2.45, 2.75) is 13.5 Å². The van der Waals surface area contributed by atoms with Crippen molar-refractivity contribution in [1.29, 1.82) is 0 Å². The molecular formula is C22H20N4O3. The van der Waals surface area contributed by atoms with E-state index < -0.39 is 5.91 Å². The number of amides is 1. The lowest BCUT2D eigenvalue weighted by Gasteiger charge is -2.12. The number of carbonyl (C=O) groups is 1. The zero-order valence-corrected chi connectivity index (χ0v) is 15.9. The highest BCUT2D eigenvalue weighted by molar-refractivity contribution is 6.02. The molecule has 7 nitrogen and oxygen atoms in total. The first-order valence-electron chi connectivity index (χ1n) is 8.91. The quantitative estimate of drug-likeness (QED) is 0.602. The van der Waals surface area contributed by atoms with Crippen LogP contribution in [-0.2, 0) is 6.54 Å². The number of nitrogens with one attached hydrogen (secondary N) is 1. The fourth-order valence-electron chi connectivity index (χ4n) is 2.42. The molecule has 0 saturated heterocycles. The summed E-state index contributed by atoms with van der Waals surface area (Å²) in [6.07, 6.45) is 2.73. The van der Waals surface area contributed by atoms with Crippen LogP contribution < -0.4 is 20.5 Å². The molecule has 1 amide bonds. The Labute approximate surface area is 168 Å². The molecule has 0 bridgehead atoms. The van der Waals surface area contributed by atoms with E-state index in [0.717, 1.165) is 5.56 Å². The van der Waals surface area contributed by atoms with Crippen molar-refractivity contribution < 1.29 is 14.3 Å². The summed E-state index contributed by atoms with van der Waals surface area (Å²) in [4.78, 5) is 20.5. The third-order valence-electron chi connectivity index (χ3n) is 3.84. The third kappa shape index (κ3) is 5.54. The molecule has 0 fully saturated rings. The summed E-state index contributed by atoms with van der Waals surface area (Å²) in [6, 6.07) is 14.7. The molecule has 1 aromatic heterocycles. The number of anilines is 1. The molecule has 0 atom stereocenters. The first-order chi connectivity index (χ1) is 14.2. The van der Waals surface area contributed by atoms with Gasteiger partial charge in [-0.3, -0.25) is 4.79 Å². The molecule has 0 aliphatic heterocycles. The number of hydrogen-bond acceptors (Lipinski definition) is 6. The van der Waals surface area contributed by atoms with Crippen molar-refractivity contribution in [3.05, 3.63) is 72.2 Å². The van der Waals surface area contributed by atoms with Crippen molar-refractivity contribution in [3.63, 3.8) is 0 Å². The molecule has 0 unspecified atom stereocenters. The van der Waals surface area contributed by atoms with E-state index in [0.29, 0.717) is 23.1 Å². The first kappa shape index (κ1) is 19.9. The number of hydrogen-bond donors (Lipinski definition) is 2. The Kier molecular flexibility index (Phi) is 6.76.